The first-order valence-electron chi connectivity index (χ1n) is 8.33. The number of carbonyl (C=O) groups is 1. The van der Waals surface area contributed by atoms with E-state index < -0.39 is 0 Å². The summed E-state index contributed by atoms with van der Waals surface area (Å²) in [6, 6.07) is 12.1. The number of carbonyl (C=O) groups excluding carboxylic acids is 1. The van der Waals surface area contributed by atoms with Crippen molar-refractivity contribution in [2.75, 3.05) is 36.8 Å². The first kappa shape index (κ1) is 19.3. The lowest BCUT2D eigenvalue weighted by Gasteiger charge is -2.36. The maximum absolute atomic E-state index is 13.9. The van der Waals surface area contributed by atoms with Gasteiger partial charge in [-0.05, 0) is 29.8 Å². The molecule has 7 heteroatoms. The molecule has 26 heavy (non-hydrogen) atoms. The number of para-hydroxylation sites is 1. The second-order valence-electron chi connectivity index (χ2n) is 6.05. The number of anilines is 1. The molecule has 1 aliphatic heterocycles. The van der Waals surface area contributed by atoms with Crippen LogP contribution >= 0.6 is 35.0 Å². The maximum Gasteiger partial charge on any atom is 0.232 e. The molecule has 0 N–H and O–H groups in total. The predicted molar refractivity (Wildman–Crippen MR) is 108 cm³/mol. The van der Waals surface area contributed by atoms with Gasteiger partial charge in [0.15, 0.2) is 0 Å². The Labute approximate surface area is 167 Å². The molecule has 0 atom stereocenters. The number of amides is 1. The Bertz CT molecular complexity index is 782. The molecule has 0 aromatic heterocycles. The van der Waals surface area contributed by atoms with Crippen LogP contribution in [0.1, 0.15) is 5.56 Å². The van der Waals surface area contributed by atoms with Crippen LogP contribution in [-0.4, -0.2) is 42.7 Å². The van der Waals surface area contributed by atoms with Crippen molar-refractivity contribution >= 4 is 46.6 Å². The van der Waals surface area contributed by atoms with Crippen molar-refractivity contribution in [1.82, 2.24) is 4.90 Å². The van der Waals surface area contributed by atoms with Crippen LogP contribution in [0.3, 0.4) is 0 Å². The zero-order valence-electron chi connectivity index (χ0n) is 14.1. The van der Waals surface area contributed by atoms with Crippen LogP contribution in [0.4, 0.5) is 10.1 Å². The molecular formula is C19H19Cl2FN2OS. The fourth-order valence-corrected chi connectivity index (χ4v) is 4.37. The quantitative estimate of drug-likeness (QED) is 0.709. The van der Waals surface area contributed by atoms with E-state index in [9.17, 15) is 9.18 Å². The lowest BCUT2D eigenvalue weighted by molar-refractivity contribution is -0.128. The Balaban J connectivity index is 1.46. The first-order valence-corrected chi connectivity index (χ1v) is 10.2. The van der Waals surface area contributed by atoms with Crippen LogP contribution in [-0.2, 0) is 10.5 Å². The second kappa shape index (κ2) is 8.98. The monoisotopic (exact) mass is 412 g/mol. The molecule has 1 heterocycles. The summed E-state index contributed by atoms with van der Waals surface area (Å²) in [6.07, 6.45) is 0. The van der Waals surface area contributed by atoms with Gasteiger partial charge >= 0.3 is 0 Å². The van der Waals surface area contributed by atoms with E-state index in [4.69, 9.17) is 23.2 Å². The number of hydrogen-bond donors (Lipinski definition) is 0. The van der Waals surface area contributed by atoms with Gasteiger partial charge in [0.1, 0.15) is 5.82 Å². The molecule has 1 saturated heterocycles. The smallest absolute Gasteiger partial charge is 0.232 e. The fraction of sp³-hybridized carbons (Fsp3) is 0.316. The van der Waals surface area contributed by atoms with E-state index >= 15 is 0 Å². The van der Waals surface area contributed by atoms with E-state index in [2.05, 4.69) is 0 Å². The Morgan fingerprint density at radius 2 is 1.81 bits per heavy atom. The minimum Gasteiger partial charge on any atom is -0.366 e. The molecular weight excluding hydrogens is 394 g/mol. The predicted octanol–water partition coefficient (Wildman–Crippen LogP) is 4.71. The van der Waals surface area contributed by atoms with Gasteiger partial charge in [-0.15, -0.1) is 11.8 Å². The van der Waals surface area contributed by atoms with E-state index in [0.29, 0.717) is 53.4 Å². The van der Waals surface area contributed by atoms with Crippen molar-refractivity contribution in [2.45, 2.75) is 5.75 Å². The Morgan fingerprint density at radius 3 is 2.50 bits per heavy atom. The van der Waals surface area contributed by atoms with E-state index in [0.717, 1.165) is 5.56 Å². The number of piperazine rings is 1. The van der Waals surface area contributed by atoms with Gasteiger partial charge < -0.3 is 9.80 Å². The summed E-state index contributed by atoms with van der Waals surface area (Å²) in [5.74, 6) is 0.950. The fourth-order valence-electron chi connectivity index (χ4n) is 2.88. The van der Waals surface area contributed by atoms with Gasteiger partial charge in [-0.2, -0.15) is 0 Å². The number of rotatable bonds is 5. The van der Waals surface area contributed by atoms with Gasteiger partial charge in [-0.1, -0.05) is 41.4 Å². The summed E-state index contributed by atoms with van der Waals surface area (Å²) >= 11 is 13.6. The van der Waals surface area contributed by atoms with Gasteiger partial charge in [-0.3, -0.25) is 4.79 Å². The van der Waals surface area contributed by atoms with Crippen LogP contribution in [0, 0.1) is 5.82 Å². The molecule has 0 aliphatic carbocycles. The summed E-state index contributed by atoms with van der Waals surface area (Å²) in [6.45, 7) is 2.49. The van der Waals surface area contributed by atoms with Crippen molar-refractivity contribution in [3.05, 3.63) is 63.9 Å². The van der Waals surface area contributed by atoms with E-state index in [1.54, 1.807) is 24.3 Å². The Morgan fingerprint density at radius 1 is 1.08 bits per heavy atom. The number of nitrogens with zero attached hydrogens (tertiary/aromatic N) is 2. The lowest BCUT2D eigenvalue weighted by Crippen LogP contribution is -2.49. The molecule has 1 amide bonds. The second-order valence-corrected chi connectivity index (χ2v) is 7.88. The standard InChI is InChI=1S/C19H19Cl2FN2OS/c20-15-6-5-14(16(21)11-15)12-26-13-19(25)24-9-7-23(8-10-24)18-4-2-1-3-17(18)22/h1-6,11H,7-10,12-13H2. The third-order valence-corrected chi connectivity index (χ3v) is 5.88. The molecule has 0 saturated carbocycles. The zero-order chi connectivity index (χ0) is 18.5. The normalized spacial score (nSPS) is 14.6. The van der Waals surface area contributed by atoms with Crippen molar-refractivity contribution in [3.8, 4) is 0 Å². The zero-order valence-corrected chi connectivity index (χ0v) is 16.5. The van der Waals surface area contributed by atoms with E-state index in [1.165, 1.54) is 17.8 Å². The molecule has 3 nitrogen and oxygen atoms in total. The van der Waals surface area contributed by atoms with Crippen molar-refractivity contribution in [1.29, 1.82) is 0 Å². The topological polar surface area (TPSA) is 23.6 Å². The summed E-state index contributed by atoms with van der Waals surface area (Å²) in [5, 5.41) is 1.23. The van der Waals surface area contributed by atoms with Crippen LogP contribution in [0.15, 0.2) is 42.5 Å². The minimum absolute atomic E-state index is 0.105. The molecule has 1 fully saturated rings. The average molecular weight is 413 g/mol. The van der Waals surface area contributed by atoms with Crippen LogP contribution in [0.25, 0.3) is 0 Å². The number of thioether (sulfide) groups is 1. The highest BCUT2D eigenvalue weighted by Crippen LogP contribution is 2.25. The molecule has 138 valence electrons. The summed E-state index contributed by atoms with van der Waals surface area (Å²) in [5.41, 5.74) is 1.57. The van der Waals surface area contributed by atoms with Gasteiger partial charge in [0.25, 0.3) is 0 Å². The molecule has 0 bridgehead atoms. The van der Waals surface area contributed by atoms with Crippen molar-refractivity contribution < 1.29 is 9.18 Å². The summed E-state index contributed by atoms with van der Waals surface area (Å²) in [7, 11) is 0. The number of halogens is 3. The van der Waals surface area contributed by atoms with Gasteiger partial charge in [0.05, 0.1) is 11.4 Å². The minimum atomic E-state index is -0.220. The third kappa shape index (κ3) is 4.84. The highest BCUT2D eigenvalue weighted by Gasteiger charge is 2.22. The molecule has 1 aliphatic rings. The molecule has 0 spiro atoms. The van der Waals surface area contributed by atoms with Crippen molar-refractivity contribution in [3.63, 3.8) is 0 Å². The maximum atomic E-state index is 13.9. The van der Waals surface area contributed by atoms with Crippen LogP contribution in [0.5, 0.6) is 0 Å². The number of hydrogen-bond acceptors (Lipinski definition) is 3. The van der Waals surface area contributed by atoms with Crippen LogP contribution in [0.2, 0.25) is 10.0 Å². The molecule has 2 aromatic rings. The summed E-state index contributed by atoms with van der Waals surface area (Å²) in [4.78, 5) is 16.2. The Hall–Kier alpha value is -1.43. The van der Waals surface area contributed by atoms with Crippen LogP contribution < -0.4 is 4.90 Å². The lowest BCUT2D eigenvalue weighted by atomic mass is 10.2. The van der Waals surface area contributed by atoms with E-state index in [-0.39, 0.29) is 11.7 Å². The van der Waals surface area contributed by atoms with Gasteiger partial charge in [-0.25, -0.2) is 4.39 Å². The highest BCUT2D eigenvalue weighted by atomic mass is 35.5. The van der Waals surface area contributed by atoms with E-state index in [1.807, 2.05) is 21.9 Å². The third-order valence-electron chi connectivity index (χ3n) is 4.32. The molecule has 0 radical (unpaired) electrons. The molecule has 2 aromatic carbocycles. The average Bonchev–Trinajstić information content (AvgIpc) is 2.64. The SMILES string of the molecule is O=C(CSCc1ccc(Cl)cc1Cl)N1CCN(c2ccccc2F)CC1. The van der Waals surface area contributed by atoms with Gasteiger partial charge in [0.2, 0.25) is 5.91 Å². The molecule has 3 rings (SSSR count). The Kier molecular flexibility index (Phi) is 6.68. The van der Waals surface area contributed by atoms with Gasteiger partial charge in [0, 0.05) is 42.0 Å². The highest BCUT2D eigenvalue weighted by molar-refractivity contribution is 7.99. The first-order chi connectivity index (χ1) is 12.5. The largest absolute Gasteiger partial charge is 0.366 e. The summed E-state index contributed by atoms with van der Waals surface area (Å²) < 4.78 is 13.9. The number of benzene rings is 2. The molecule has 0 unspecified atom stereocenters. The van der Waals surface area contributed by atoms with Crippen molar-refractivity contribution in [2.24, 2.45) is 0 Å².